The van der Waals surface area contributed by atoms with Gasteiger partial charge in [0.15, 0.2) is 9.84 Å². The summed E-state index contributed by atoms with van der Waals surface area (Å²) in [5, 5.41) is 6.72. The first-order valence-electron chi connectivity index (χ1n) is 6.34. The Hall–Kier alpha value is -1.96. The van der Waals surface area contributed by atoms with Crippen LogP contribution < -0.4 is 4.90 Å². The fourth-order valence-electron chi connectivity index (χ4n) is 2.57. The van der Waals surface area contributed by atoms with Gasteiger partial charge in [0.05, 0.1) is 17.9 Å². The molecule has 1 aliphatic heterocycles. The Balaban J connectivity index is 2.00. The monoisotopic (exact) mass is 293 g/mol. The van der Waals surface area contributed by atoms with Crippen LogP contribution in [0.2, 0.25) is 0 Å². The van der Waals surface area contributed by atoms with Crippen molar-refractivity contribution >= 4 is 15.8 Å². The minimum absolute atomic E-state index is 0.0791. The second-order valence-electron chi connectivity index (χ2n) is 4.82. The molecule has 1 atom stereocenters. The number of nitrogens with zero attached hydrogens (tertiary/aromatic N) is 4. The molecule has 1 saturated heterocycles. The molecule has 20 heavy (non-hydrogen) atoms. The molecule has 1 unspecified atom stereocenters. The van der Waals surface area contributed by atoms with Gasteiger partial charge in [0, 0.05) is 25.2 Å². The number of anilines is 1. The van der Waals surface area contributed by atoms with Crippen molar-refractivity contribution in [2.45, 2.75) is 23.8 Å². The van der Waals surface area contributed by atoms with Gasteiger partial charge in [0.2, 0.25) is 5.95 Å². The molecule has 0 amide bonds. The van der Waals surface area contributed by atoms with Crippen LogP contribution in [0, 0.1) is 0 Å². The summed E-state index contributed by atoms with van der Waals surface area (Å²) in [6.07, 6.45) is 7.74. The molecule has 1 fully saturated rings. The van der Waals surface area contributed by atoms with Crippen molar-refractivity contribution in [3.8, 4) is 0 Å². The summed E-state index contributed by atoms with van der Waals surface area (Å²) in [5.74, 6) is 0.615. The van der Waals surface area contributed by atoms with Gasteiger partial charge in [-0.15, -0.1) is 0 Å². The van der Waals surface area contributed by atoms with Gasteiger partial charge in [0.1, 0.15) is 4.90 Å². The molecule has 7 nitrogen and oxygen atoms in total. The molecule has 0 aliphatic carbocycles. The Morgan fingerprint density at radius 3 is 2.80 bits per heavy atom. The fraction of sp³-hybridized carbons (Fsp3) is 0.417. The topological polar surface area (TPSA) is 91.8 Å². The van der Waals surface area contributed by atoms with Crippen molar-refractivity contribution in [2.24, 2.45) is 0 Å². The molecule has 3 rings (SSSR count). The van der Waals surface area contributed by atoms with Crippen LogP contribution >= 0.6 is 0 Å². The van der Waals surface area contributed by atoms with Crippen LogP contribution in [0.5, 0.6) is 0 Å². The average Bonchev–Trinajstić information content (AvgIpc) is 3.07. The number of aromatic nitrogens is 4. The Bertz CT molecular complexity index is 698. The van der Waals surface area contributed by atoms with Crippen LogP contribution in [0.15, 0.2) is 29.6 Å². The molecule has 1 aliphatic rings. The SMILES string of the molecule is CS(=O)(=O)c1cn[nH]c1C1CCCN1c1ncccn1. The molecule has 106 valence electrons. The van der Waals surface area contributed by atoms with Gasteiger partial charge in [-0.25, -0.2) is 18.4 Å². The van der Waals surface area contributed by atoms with Gasteiger partial charge in [0.25, 0.3) is 0 Å². The number of hydrogen-bond acceptors (Lipinski definition) is 6. The van der Waals surface area contributed by atoms with Gasteiger partial charge in [-0.1, -0.05) is 0 Å². The lowest BCUT2D eigenvalue weighted by Crippen LogP contribution is -2.25. The molecule has 0 spiro atoms. The third kappa shape index (κ3) is 2.26. The van der Waals surface area contributed by atoms with Gasteiger partial charge in [-0.05, 0) is 18.9 Å². The van der Waals surface area contributed by atoms with Gasteiger partial charge >= 0.3 is 0 Å². The quantitative estimate of drug-likeness (QED) is 0.905. The highest BCUT2D eigenvalue weighted by molar-refractivity contribution is 7.90. The zero-order chi connectivity index (χ0) is 14.2. The number of nitrogens with one attached hydrogen (secondary N) is 1. The van der Waals surface area contributed by atoms with Crippen molar-refractivity contribution < 1.29 is 8.42 Å². The van der Waals surface area contributed by atoms with Gasteiger partial charge in [-0.3, -0.25) is 5.10 Å². The molecule has 0 aromatic carbocycles. The molecule has 0 radical (unpaired) electrons. The largest absolute Gasteiger partial charge is 0.332 e. The lowest BCUT2D eigenvalue weighted by atomic mass is 10.1. The third-order valence-electron chi connectivity index (χ3n) is 3.43. The van der Waals surface area contributed by atoms with E-state index in [2.05, 4.69) is 20.2 Å². The predicted octanol–water partition coefficient (Wildman–Crippen LogP) is 0.945. The van der Waals surface area contributed by atoms with Gasteiger partial charge in [-0.2, -0.15) is 5.10 Å². The van der Waals surface area contributed by atoms with E-state index < -0.39 is 9.84 Å². The zero-order valence-electron chi connectivity index (χ0n) is 11.0. The summed E-state index contributed by atoms with van der Waals surface area (Å²) in [6.45, 7) is 0.802. The summed E-state index contributed by atoms with van der Waals surface area (Å²) in [5.41, 5.74) is 0.623. The van der Waals surface area contributed by atoms with Crippen molar-refractivity contribution in [3.63, 3.8) is 0 Å². The first kappa shape index (κ1) is 13.0. The number of rotatable bonds is 3. The van der Waals surface area contributed by atoms with E-state index in [4.69, 9.17) is 0 Å². The van der Waals surface area contributed by atoms with Crippen LogP contribution in [0.1, 0.15) is 24.6 Å². The summed E-state index contributed by atoms with van der Waals surface area (Å²) >= 11 is 0. The van der Waals surface area contributed by atoms with Crippen molar-refractivity contribution in [1.29, 1.82) is 0 Å². The number of H-pyrrole nitrogens is 1. The van der Waals surface area contributed by atoms with Crippen LogP contribution in [0.3, 0.4) is 0 Å². The maximum Gasteiger partial charge on any atom is 0.225 e. The Morgan fingerprint density at radius 2 is 2.10 bits per heavy atom. The maximum absolute atomic E-state index is 11.8. The van der Waals surface area contributed by atoms with Crippen LogP contribution in [0.4, 0.5) is 5.95 Å². The summed E-state index contributed by atoms with van der Waals surface area (Å²) < 4.78 is 23.6. The molecule has 3 heterocycles. The van der Waals surface area contributed by atoms with Crippen molar-refractivity contribution in [2.75, 3.05) is 17.7 Å². The van der Waals surface area contributed by atoms with E-state index in [1.165, 1.54) is 12.5 Å². The Kier molecular flexibility index (Phi) is 3.17. The maximum atomic E-state index is 11.8. The average molecular weight is 293 g/mol. The number of aromatic amines is 1. The fourth-order valence-corrected chi connectivity index (χ4v) is 3.39. The lowest BCUT2D eigenvalue weighted by molar-refractivity contribution is 0.596. The predicted molar refractivity (Wildman–Crippen MR) is 73.1 cm³/mol. The normalized spacial score (nSPS) is 19.4. The second-order valence-corrected chi connectivity index (χ2v) is 6.80. The highest BCUT2D eigenvalue weighted by Gasteiger charge is 2.32. The summed E-state index contributed by atoms with van der Waals surface area (Å²) in [4.78, 5) is 10.8. The molecule has 0 saturated carbocycles. The van der Waals surface area contributed by atoms with E-state index in [-0.39, 0.29) is 10.9 Å². The van der Waals surface area contributed by atoms with Gasteiger partial charge < -0.3 is 4.90 Å². The Labute approximate surface area is 117 Å². The molecule has 2 aromatic rings. The molecule has 8 heteroatoms. The molecule has 1 N–H and O–H groups in total. The van der Waals surface area contributed by atoms with E-state index in [0.717, 1.165) is 19.4 Å². The van der Waals surface area contributed by atoms with E-state index in [1.807, 2.05) is 4.90 Å². The Morgan fingerprint density at radius 1 is 1.35 bits per heavy atom. The minimum Gasteiger partial charge on any atom is -0.332 e. The number of hydrogen-bond donors (Lipinski definition) is 1. The first-order chi connectivity index (χ1) is 9.57. The molecular weight excluding hydrogens is 278 g/mol. The van der Waals surface area contributed by atoms with Crippen LogP contribution in [-0.2, 0) is 9.84 Å². The number of sulfone groups is 1. The second kappa shape index (κ2) is 4.86. The standard InChI is InChI=1S/C12H15N5O2S/c1-20(18,19)10-8-15-16-11(10)9-4-2-7-17(9)12-13-5-3-6-14-12/h3,5-6,8-9H,2,4,7H2,1H3,(H,15,16). The molecule has 2 aromatic heterocycles. The highest BCUT2D eigenvalue weighted by Crippen LogP contribution is 2.35. The molecule has 0 bridgehead atoms. The summed E-state index contributed by atoms with van der Waals surface area (Å²) in [7, 11) is -3.29. The smallest absolute Gasteiger partial charge is 0.225 e. The van der Waals surface area contributed by atoms with E-state index in [0.29, 0.717) is 11.6 Å². The van der Waals surface area contributed by atoms with E-state index in [1.54, 1.807) is 18.5 Å². The highest BCUT2D eigenvalue weighted by atomic mass is 32.2. The first-order valence-corrected chi connectivity index (χ1v) is 8.23. The van der Waals surface area contributed by atoms with Crippen LogP contribution in [-0.4, -0.2) is 41.4 Å². The third-order valence-corrected chi connectivity index (χ3v) is 4.55. The molecular formula is C12H15N5O2S. The summed E-state index contributed by atoms with van der Waals surface area (Å²) in [6, 6.07) is 1.68. The van der Waals surface area contributed by atoms with Crippen molar-refractivity contribution in [1.82, 2.24) is 20.2 Å². The van der Waals surface area contributed by atoms with E-state index >= 15 is 0 Å². The van der Waals surface area contributed by atoms with E-state index in [9.17, 15) is 8.42 Å². The van der Waals surface area contributed by atoms with Crippen molar-refractivity contribution in [3.05, 3.63) is 30.4 Å². The zero-order valence-corrected chi connectivity index (χ0v) is 11.8. The van der Waals surface area contributed by atoms with Crippen LogP contribution in [0.25, 0.3) is 0 Å². The lowest BCUT2D eigenvalue weighted by Gasteiger charge is -2.24. The minimum atomic E-state index is -3.29.